The van der Waals surface area contributed by atoms with Crippen LogP contribution in [0.3, 0.4) is 0 Å². The van der Waals surface area contributed by atoms with Crippen molar-refractivity contribution in [2.45, 2.75) is 17.7 Å². The number of carbonyl (C=O) groups excluding carboxylic acids is 1. The largest absolute Gasteiger partial charge is 0.493 e. The van der Waals surface area contributed by atoms with Gasteiger partial charge in [-0.15, -0.1) is 0 Å². The first-order valence-corrected chi connectivity index (χ1v) is 12.6. The second kappa shape index (κ2) is 12.8. The molecule has 2 N–H and O–H groups in total. The lowest BCUT2D eigenvalue weighted by atomic mass is 10.1. The van der Waals surface area contributed by atoms with Gasteiger partial charge in [0.2, 0.25) is 10.0 Å². The van der Waals surface area contributed by atoms with Gasteiger partial charge in [0.25, 0.3) is 5.91 Å². The van der Waals surface area contributed by atoms with Crippen molar-refractivity contribution >= 4 is 15.9 Å². The van der Waals surface area contributed by atoms with Crippen molar-refractivity contribution in [2.24, 2.45) is 0 Å². The van der Waals surface area contributed by atoms with Gasteiger partial charge in [0.05, 0.1) is 19.1 Å². The Kier molecular flexibility index (Phi) is 9.51. The summed E-state index contributed by atoms with van der Waals surface area (Å²) in [6, 6.07) is 21.2. The first-order chi connectivity index (χ1) is 16.9. The first kappa shape index (κ1) is 26.1. The lowest BCUT2D eigenvalue weighted by Gasteiger charge is -2.11. The van der Waals surface area contributed by atoms with E-state index in [1.807, 2.05) is 48.5 Å². The summed E-state index contributed by atoms with van der Waals surface area (Å²) in [5, 5.41) is 2.80. The van der Waals surface area contributed by atoms with Gasteiger partial charge < -0.3 is 19.5 Å². The minimum atomic E-state index is -3.63. The predicted octanol–water partition coefficient (Wildman–Crippen LogP) is 2.96. The second-order valence-electron chi connectivity index (χ2n) is 7.68. The van der Waals surface area contributed by atoms with Crippen LogP contribution in [-0.4, -0.2) is 48.2 Å². The minimum Gasteiger partial charge on any atom is -0.493 e. The molecule has 3 aromatic carbocycles. The van der Waals surface area contributed by atoms with Gasteiger partial charge in [-0.3, -0.25) is 4.79 Å². The number of ether oxygens (including phenoxy) is 3. The molecule has 0 atom stereocenters. The van der Waals surface area contributed by atoms with E-state index in [1.165, 1.54) is 24.3 Å². The van der Waals surface area contributed by atoms with Crippen LogP contribution in [0.2, 0.25) is 0 Å². The lowest BCUT2D eigenvalue weighted by molar-refractivity contribution is -0.123. The summed E-state index contributed by atoms with van der Waals surface area (Å²) >= 11 is 0. The molecule has 0 aromatic heterocycles. The van der Waals surface area contributed by atoms with Crippen LogP contribution in [0.5, 0.6) is 17.2 Å². The van der Waals surface area contributed by atoms with E-state index in [1.54, 1.807) is 14.2 Å². The molecule has 0 fully saturated rings. The second-order valence-corrected chi connectivity index (χ2v) is 9.45. The summed E-state index contributed by atoms with van der Waals surface area (Å²) < 4.78 is 43.5. The number of nitrogens with one attached hydrogen (secondary N) is 2. The summed E-state index contributed by atoms with van der Waals surface area (Å²) in [6.07, 6.45) is 1.22. The van der Waals surface area contributed by atoms with Gasteiger partial charge in [0, 0.05) is 13.1 Å². The Hall–Kier alpha value is -3.56. The van der Waals surface area contributed by atoms with E-state index in [2.05, 4.69) is 10.0 Å². The van der Waals surface area contributed by atoms with Crippen LogP contribution in [0.4, 0.5) is 0 Å². The lowest BCUT2D eigenvalue weighted by Crippen LogP contribution is -2.30. The minimum absolute atomic E-state index is 0.136. The van der Waals surface area contributed by atoms with Crippen molar-refractivity contribution in [1.29, 1.82) is 0 Å². The van der Waals surface area contributed by atoms with Gasteiger partial charge in [-0.1, -0.05) is 36.4 Å². The first-order valence-electron chi connectivity index (χ1n) is 11.2. The Labute approximate surface area is 206 Å². The van der Waals surface area contributed by atoms with E-state index < -0.39 is 10.0 Å². The van der Waals surface area contributed by atoms with Crippen molar-refractivity contribution in [3.8, 4) is 17.2 Å². The molecular formula is C26H30N2O6S. The van der Waals surface area contributed by atoms with Crippen molar-refractivity contribution in [1.82, 2.24) is 10.0 Å². The number of amides is 1. The highest BCUT2D eigenvalue weighted by molar-refractivity contribution is 7.89. The Bertz CT molecular complexity index is 1200. The van der Waals surface area contributed by atoms with Gasteiger partial charge >= 0.3 is 0 Å². The van der Waals surface area contributed by atoms with Crippen LogP contribution >= 0.6 is 0 Å². The molecule has 0 bridgehead atoms. The number of carbonyl (C=O) groups is 1. The van der Waals surface area contributed by atoms with Crippen molar-refractivity contribution in [3.63, 3.8) is 0 Å². The molecule has 0 saturated carbocycles. The topological polar surface area (TPSA) is 103 Å². The van der Waals surface area contributed by atoms with Gasteiger partial charge in [-0.05, 0) is 60.4 Å². The molecule has 0 heterocycles. The van der Waals surface area contributed by atoms with Crippen molar-refractivity contribution in [3.05, 3.63) is 83.9 Å². The molecule has 0 aliphatic carbocycles. The Balaban J connectivity index is 1.41. The molecule has 35 heavy (non-hydrogen) atoms. The predicted molar refractivity (Wildman–Crippen MR) is 134 cm³/mol. The smallest absolute Gasteiger partial charge is 0.257 e. The van der Waals surface area contributed by atoms with Gasteiger partial charge in [0.15, 0.2) is 18.1 Å². The fourth-order valence-electron chi connectivity index (χ4n) is 3.36. The average Bonchev–Trinajstić information content (AvgIpc) is 2.88. The van der Waals surface area contributed by atoms with Crippen LogP contribution in [0, 0.1) is 0 Å². The zero-order valence-corrected chi connectivity index (χ0v) is 20.6. The summed E-state index contributed by atoms with van der Waals surface area (Å²) in [5.74, 6) is 1.42. The molecular weight excluding hydrogens is 468 g/mol. The molecule has 0 saturated heterocycles. The summed E-state index contributed by atoms with van der Waals surface area (Å²) in [5.41, 5.74) is 2.05. The number of rotatable bonds is 13. The monoisotopic (exact) mass is 498 g/mol. The van der Waals surface area contributed by atoms with Crippen LogP contribution in [0.1, 0.15) is 11.1 Å². The fourth-order valence-corrected chi connectivity index (χ4v) is 4.39. The van der Waals surface area contributed by atoms with Crippen LogP contribution in [0.25, 0.3) is 0 Å². The van der Waals surface area contributed by atoms with E-state index >= 15 is 0 Å². The zero-order valence-electron chi connectivity index (χ0n) is 19.8. The van der Waals surface area contributed by atoms with Gasteiger partial charge in [-0.25, -0.2) is 13.1 Å². The fraction of sp³-hybridized carbons (Fsp3) is 0.269. The molecule has 3 aromatic rings. The number of hydrogen-bond acceptors (Lipinski definition) is 6. The van der Waals surface area contributed by atoms with Crippen LogP contribution in [0.15, 0.2) is 77.7 Å². The Morgan fingerprint density at radius 1 is 0.800 bits per heavy atom. The maximum Gasteiger partial charge on any atom is 0.257 e. The third-order valence-corrected chi connectivity index (χ3v) is 6.71. The van der Waals surface area contributed by atoms with Gasteiger partial charge in [0.1, 0.15) is 5.75 Å². The number of methoxy groups -OCH3 is 2. The number of hydrogen-bond donors (Lipinski definition) is 2. The highest BCUT2D eigenvalue weighted by Crippen LogP contribution is 2.27. The highest BCUT2D eigenvalue weighted by atomic mass is 32.2. The maximum atomic E-state index is 12.5. The number of sulfonamides is 1. The molecule has 8 nitrogen and oxygen atoms in total. The molecule has 9 heteroatoms. The molecule has 0 radical (unpaired) electrons. The summed E-state index contributed by atoms with van der Waals surface area (Å²) in [7, 11) is -0.476. The van der Waals surface area contributed by atoms with E-state index in [0.29, 0.717) is 43.2 Å². The summed E-state index contributed by atoms with van der Waals surface area (Å²) in [4.78, 5) is 12.2. The molecule has 186 valence electrons. The van der Waals surface area contributed by atoms with Crippen LogP contribution in [-0.2, 0) is 27.7 Å². The van der Waals surface area contributed by atoms with E-state index in [-0.39, 0.29) is 17.4 Å². The molecule has 1 amide bonds. The zero-order chi connectivity index (χ0) is 25.1. The van der Waals surface area contributed by atoms with Crippen LogP contribution < -0.4 is 24.2 Å². The quantitative estimate of drug-likeness (QED) is 0.376. The molecule has 0 aliphatic rings. The molecule has 0 unspecified atom stereocenters. The van der Waals surface area contributed by atoms with Crippen molar-refractivity contribution in [2.75, 3.05) is 33.9 Å². The Morgan fingerprint density at radius 2 is 1.49 bits per heavy atom. The maximum absolute atomic E-state index is 12.5. The summed E-state index contributed by atoms with van der Waals surface area (Å²) in [6.45, 7) is 0.560. The number of benzene rings is 3. The third-order valence-electron chi connectivity index (χ3n) is 5.24. The van der Waals surface area contributed by atoms with Crippen molar-refractivity contribution < 1.29 is 27.4 Å². The van der Waals surface area contributed by atoms with E-state index in [0.717, 1.165) is 11.1 Å². The SMILES string of the molecule is COc1ccc(CCNC(=O)COc2ccc(S(=O)(=O)NCCc3ccccc3)cc2)cc1OC. The molecule has 0 aliphatic heterocycles. The van der Waals surface area contributed by atoms with E-state index in [4.69, 9.17) is 14.2 Å². The standard InChI is InChI=1S/C26H30N2O6S/c1-32-24-13-8-21(18-25(24)33-2)14-16-27-26(29)19-34-22-9-11-23(12-10-22)35(30,31)28-17-15-20-6-4-3-5-7-20/h3-13,18,28H,14-17,19H2,1-2H3,(H,27,29). The highest BCUT2D eigenvalue weighted by Gasteiger charge is 2.14. The third kappa shape index (κ3) is 8.01. The molecule has 0 spiro atoms. The van der Waals surface area contributed by atoms with Gasteiger partial charge in [-0.2, -0.15) is 0 Å². The normalized spacial score (nSPS) is 11.0. The Morgan fingerprint density at radius 3 is 2.17 bits per heavy atom. The average molecular weight is 499 g/mol. The molecule has 3 rings (SSSR count). The van der Waals surface area contributed by atoms with E-state index in [9.17, 15) is 13.2 Å².